The molecule has 1 saturated heterocycles. The number of hydrogen-bond acceptors (Lipinski definition) is 4. The predicted octanol–water partition coefficient (Wildman–Crippen LogP) is -0.00150. The highest BCUT2D eigenvalue weighted by Gasteiger charge is 2.14. The van der Waals surface area contributed by atoms with Crippen molar-refractivity contribution in [3.63, 3.8) is 0 Å². The van der Waals surface area contributed by atoms with Crippen molar-refractivity contribution >= 4 is 19.6 Å². The molecule has 1 fully saturated rings. The molecule has 5 nitrogen and oxygen atoms in total. The van der Waals surface area contributed by atoms with Crippen molar-refractivity contribution in [2.45, 2.75) is 25.8 Å². The van der Waals surface area contributed by atoms with Crippen LogP contribution in [0.1, 0.15) is 19.8 Å². The molecular weight excluding hydrogens is 227 g/mol. The molecule has 92 valence electrons. The Bertz CT molecular complexity index is 261. The topological polar surface area (TPSA) is 75.8 Å². The fraction of sp³-hybridized carbons (Fsp3) is 0.800. The van der Waals surface area contributed by atoms with Crippen molar-refractivity contribution in [2.75, 3.05) is 26.0 Å². The van der Waals surface area contributed by atoms with Crippen LogP contribution >= 0.6 is 8.20 Å². The molecule has 0 saturated carbocycles. The van der Waals surface area contributed by atoms with Crippen molar-refractivity contribution in [3.8, 4) is 0 Å². The molecular formula is C10H19N2O3P. The minimum Gasteiger partial charge on any atom is -0.395 e. The fourth-order valence-corrected chi connectivity index (χ4v) is 2.53. The van der Waals surface area contributed by atoms with E-state index in [0.29, 0.717) is 19.4 Å². The lowest BCUT2D eigenvalue weighted by Crippen LogP contribution is -2.33. The second kappa shape index (κ2) is 6.97. The normalized spacial score (nSPS) is 23.4. The maximum absolute atomic E-state index is 11.2. The summed E-state index contributed by atoms with van der Waals surface area (Å²) in [6.45, 7) is 2.46. The van der Waals surface area contributed by atoms with Crippen LogP contribution in [0.4, 0.5) is 0 Å². The van der Waals surface area contributed by atoms with E-state index >= 15 is 0 Å². The fourth-order valence-electron chi connectivity index (χ4n) is 1.40. The quantitative estimate of drug-likeness (QED) is 0.684. The average molecular weight is 246 g/mol. The number of carbonyl (C=O) groups is 1. The molecule has 0 aliphatic carbocycles. The Morgan fingerprint density at radius 3 is 3.00 bits per heavy atom. The molecule has 1 heterocycles. The predicted molar refractivity (Wildman–Crippen MR) is 64.4 cm³/mol. The van der Waals surface area contributed by atoms with Crippen molar-refractivity contribution in [3.05, 3.63) is 0 Å². The van der Waals surface area contributed by atoms with Crippen LogP contribution in [0.5, 0.6) is 0 Å². The Morgan fingerprint density at radius 2 is 2.50 bits per heavy atom. The van der Waals surface area contributed by atoms with Gasteiger partial charge in [-0.1, -0.05) is 8.20 Å². The number of nitrogens with two attached hydrogens (primary N) is 1. The van der Waals surface area contributed by atoms with Gasteiger partial charge >= 0.3 is 0 Å². The number of nitrogens with zero attached hydrogens (tertiary/aromatic N) is 1. The highest BCUT2D eigenvalue weighted by Crippen LogP contribution is 2.15. The Hall–Kier alpha value is -0.480. The second-order valence-electron chi connectivity index (χ2n) is 3.81. The molecule has 1 rings (SSSR count). The van der Waals surface area contributed by atoms with E-state index in [1.54, 1.807) is 4.90 Å². The number of rotatable bonds is 4. The number of aliphatic hydroxyl groups excluding tert-OH is 1. The first kappa shape index (κ1) is 13.6. The Balaban J connectivity index is 2.40. The number of carbonyl (C=O) groups excluding carboxylic acids is 1. The average Bonchev–Trinajstić information content (AvgIpc) is 2.26. The molecule has 1 aliphatic heterocycles. The summed E-state index contributed by atoms with van der Waals surface area (Å²) in [5.41, 5.74) is 6.70. The highest BCUT2D eigenvalue weighted by molar-refractivity contribution is 7.40. The van der Waals surface area contributed by atoms with Gasteiger partial charge in [-0.15, -0.1) is 0 Å². The zero-order valence-electron chi connectivity index (χ0n) is 9.56. The first-order valence-corrected chi connectivity index (χ1v) is 6.49. The standard InChI is InChI=1S/C10H19N2O3P/c1-8(14)12(4-5-13)7-16-10-3-2-9(11)6-15-10/h9,13H,2-7,11H2,1H3/t9-/m1/s1. The second-order valence-corrected chi connectivity index (χ2v) is 4.91. The molecule has 1 amide bonds. The maximum atomic E-state index is 11.2. The van der Waals surface area contributed by atoms with E-state index in [1.165, 1.54) is 6.92 Å². The monoisotopic (exact) mass is 246 g/mol. The summed E-state index contributed by atoms with van der Waals surface area (Å²) in [6.07, 6.45) is 2.40. The number of hydrogen-bond donors (Lipinski definition) is 2. The molecule has 0 unspecified atom stereocenters. The van der Waals surface area contributed by atoms with Gasteiger partial charge in [-0.05, 0) is 12.8 Å². The molecule has 0 aromatic carbocycles. The summed E-state index contributed by atoms with van der Waals surface area (Å²) in [7, 11) is 0.998. The van der Waals surface area contributed by atoms with Gasteiger partial charge in [0.25, 0.3) is 0 Å². The van der Waals surface area contributed by atoms with Crippen LogP contribution in [-0.4, -0.2) is 53.5 Å². The molecule has 6 heteroatoms. The third-order valence-electron chi connectivity index (χ3n) is 2.43. The van der Waals surface area contributed by atoms with E-state index in [2.05, 4.69) is 0 Å². The molecule has 0 aromatic rings. The van der Waals surface area contributed by atoms with E-state index in [4.69, 9.17) is 15.6 Å². The SMILES string of the molecule is CC(=O)N(CCO)CP=C1CC[C@@H](N)CO1. The summed E-state index contributed by atoms with van der Waals surface area (Å²) in [5.74, 6) is -0.0188. The maximum Gasteiger partial charge on any atom is 0.220 e. The van der Waals surface area contributed by atoms with Gasteiger partial charge in [0.1, 0.15) is 0 Å². The Morgan fingerprint density at radius 1 is 1.75 bits per heavy atom. The van der Waals surface area contributed by atoms with Crippen LogP contribution < -0.4 is 5.73 Å². The molecule has 0 bridgehead atoms. The number of amides is 1. The van der Waals surface area contributed by atoms with Crippen LogP contribution in [0.25, 0.3) is 0 Å². The number of ether oxygens (including phenoxy) is 1. The smallest absolute Gasteiger partial charge is 0.220 e. The van der Waals surface area contributed by atoms with Crippen molar-refractivity contribution in [2.24, 2.45) is 5.73 Å². The zero-order chi connectivity index (χ0) is 12.0. The molecule has 0 spiro atoms. The summed E-state index contributed by atoms with van der Waals surface area (Å²) in [4.78, 5) is 12.8. The van der Waals surface area contributed by atoms with Crippen LogP contribution in [0.3, 0.4) is 0 Å². The largest absolute Gasteiger partial charge is 0.395 e. The third kappa shape index (κ3) is 4.58. The molecule has 0 aromatic heterocycles. The van der Waals surface area contributed by atoms with Crippen LogP contribution in [-0.2, 0) is 9.53 Å². The van der Waals surface area contributed by atoms with E-state index in [1.807, 2.05) is 0 Å². The van der Waals surface area contributed by atoms with Gasteiger partial charge in [-0.2, -0.15) is 0 Å². The lowest BCUT2D eigenvalue weighted by molar-refractivity contribution is -0.128. The van der Waals surface area contributed by atoms with Crippen LogP contribution in [0.2, 0.25) is 0 Å². The van der Waals surface area contributed by atoms with Gasteiger partial charge in [0, 0.05) is 19.5 Å². The van der Waals surface area contributed by atoms with E-state index in [9.17, 15) is 4.79 Å². The molecule has 1 atom stereocenters. The minimum absolute atomic E-state index is 0.00381. The summed E-state index contributed by atoms with van der Waals surface area (Å²) < 4.78 is 5.48. The molecule has 1 aliphatic rings. The minimum atomic E-state index is -0.0188. The van der Waals surface area contributed by atoms with Gasteiger partial charge in [0.2, 0.25) is 5.91 Å². The van der Waals surface area contributed by atoms with Gasteiger partial charge in [0.15, 0.2) is 0 Å². The third-order valence-corrected chi connectivity index (χ3v) is 3.61. The van der Waals surface area contributed by atoms with Crippen LogP contribution in [0.15, 0.2) is 0 Å². The first-order valence-electron chi connectivity index (χ1n) is 5.41. The Labute approximate surface area is 97.4 Å². The molecule has 3 N–H and O–H groups in total. The van der Waals surface area contributed by atoms with Gasteiger partial charge < -0.3 is 20.5 Å². The van der Waals surface area contributed by atoms with Gasteiger partial charge in [-0.25, -0.2) is 0 Å². The van der Waals surface area contributed by atoms with Crippen LogP contribution in [0, 0.1) is 0 Å². The summed E-state index contributed by atoms with van der Waals surface area (Å²) >= 11 is 0. The lowest BCUT2D eigenvalue weighted by atomic mass is 10.1. The Kier molecular flexibility index (Phi) is 5.91. The first-order chi connectivity index (χ1) is 7.63. The number of aliphatic hydroxyl groups is 1. The zero-order valence-corrected chi connectivity index (χ0v) is 10.4. The van der Waals surface area contributed by atoms with E-state index < -0.39 is 0 Å². The molecule has 16 heavy (non-hydrogen) atoms. The van der Waals surface area contributed by atoms with Gasteiger partial charge in [0.05, 0.1) is 25.0 Å². The highest BCUT2D eigenvalue weighted by atomic mass is 31.1. The van der Waals surface area contributed by atoms with Crippen molar-refractivity contribution in [1.82, 2.24) is 4.90 Å². The van der Waals surface area contributed by atoms with E-state index in [0.717, 1.165) is 26.5 Å². The van der Waals surface area contributed by atoms with Gasteiger partial charge in [-0.3, -0.25) is 4.79 Å². The lowest BCUT2D eigenvalue weighted by Gasteiger charge is -2.22. The molecule has 0 radical (unpaired) electrons. The summed E-state index contributed by atoms with van der Waals surface area (Å²) in [5, 5.41) is 8.81. The van der Waals surface area contributed by atoms with E-state index in [-0.39, 0.29) is 18.6 Å². The van der Waals surface area contributed by atoms with Crippen molar-refractivity contribution in [1.29, 1.82) is 0 Å². The summed E-state index contributed by atoms with van der Waals surface area (Å²) in [6, 6.07) is 0.139. The van der Waals surface area contributed by atoms with Crippen molar-refractivity contribution < 1.29 is 14.6 Å².